The van der Waals surface area contributed by atoms with E-state index in [9.17, 15) is 4.79 Å². The molecule has 0 aliphatic heterocycles. The third-order valence-corrected chi connectivity index (χ3v) is 3.15. The molecule has 22 heavy (non-hydrogen) atoms. The minimum absolute atomic E-state index is 0.247. The van der Waals surface area contributed by atoms with Gasteiger partial charge in [0.2, 0.25) is 0 Å². The summed E-state index contributed by atoms with van der Waals surface area (Å²) in [6, 6.07) is 20.6. The van der Waals surface area contributed by atoms with Crippen molar-refractivity contribution in [1.82, 2.24) is 0 Å². The number of furan rings is 1. The number of nitrogens with one attached hydrogen (secondary N) is 1. The fourth-order valence-corrected chi connectivity index (χ4v) is 2.04. The Morgan fingerprint density at radius 2 is 1.73 bits per heavy atom. The lowest BCUT2D eigenvalue weighted by molar-refractivity contribution is 0.155. The smallest absolute Gasteiger partial charge is 0.411 e. The highest BCUT2D eigenvalue weighted by atomic mass is 16.5. The van der Waals surface area contributed by atoms with E-state index >= 15 is 0 Å². The molecule has 3 rings (SSSR count). The summed E-state index contributed by atoms with van der Waals surface area (Å²) >= 11 is 0. The zero-order valence-corrected chi connectivity index (χ0v) is 11.9. The maximum atomic E-state index is 11.7. The number of carbonyl (C=O) groups excluding carboxylic acids is 1. The molecule has 0 aliphatic rings. The first-order chi connectivity index (χ1) is 10.8. The van der Waals surface area contributed by atoms with E-state index in [0.717, 1.165) is 16.9 Å². The van der Waals surface area contributed by atoms with Gasteiger partial charge in [0.25, 0.3) is 0 Å². The summed E-state index contributed by atoms with van der Waals surface area (Å²) < 4.78 is 10.5. The third kappa shape index (κ3) is 3.55. The van der Waals surface area contributed by atoms with Crippen LogP contribution < -0.4 is 5.32 Å². The van der Waals surface area contributed by atoms with Gasteiger partial charge in [-0.15, -0.1) is 0 Å². The monoisotopic (exact) mass is 293 g/mol. The number of amides is 1. The van der Waals surface area contributed by atoms with Crippen LogP contribution in [-0.4, -0.2) is 6.09 Å². The quantitative estimate of drug-likeness (QED) is 0.758. The first-order valence-corrected chi connectivity index (χ1v) is 6.93. The Balaban J connectivity index is 1.55. The molecule has 0 radical (unpaired) electrons. The van der Waals surface area contributed by atoms with Gasteiger partial charge in [0.1, 0.15) is 12.4 Å². The van der Waals surface area contributed by atoms with Crippen molar-refractivity contribution < 1.29 is 13.9 Å². The van der Waals surface area contributed by atoms with Crippen LogP contribution in [0, 0.1) is 0 Å². The van der Waals surface area contributed by atoms with Crippen molar-refractivity contribution >= 4 is 11.8 Å². The molecule has 2 aromatic carbocycles. The average molecular weight is 293 g/mol. The standard InChI is InChI=1S/C18H15NO3/c20-18(22-13-14-5-2-1-3-6-14)19-16-10-8-15(9-11-16)17-7-4-12-21-17/h1-12H,13H2,(H,19,20). The van der Waals surface area contributed by atoms with Crippen LogP contribution in [-0.2, 0) is 11.3 Å². The summed E-state index contributed by atoms with van der Waals surface area (Å²) in [5.41, 5.74) is 2.58. The lowest BCUT2D eigenvalue weighted by Crippen LogP contribution is -2.13. The highest BCUT2D eigenvalue weighted by Crippen LogP contribution is 2.21. The first kappa shape index (κ1) is 13.9. The van der Waals surface area contributed by atoms with E-state index in [4.69, 9.17) is 9.15 Å². The van der Waals surface area contributed by atoms with Crippen molar-refractivity contribution in [3.05, 3.63) is 78.6 Å². The number of benzene rings is 2. The molecule has 1 aromatic heterocycles. The van der Waals surface area contributed by atoms with Crippen LogP contribution >= 0.6 is 0 Å². The summed E-state index contributed by atoms with van der Waals surface area (Å²) in [6.07, 6.45) is 1.15. The predicted octanol–water partition coefficient (Wildman–Crippen LogP) is 4.70. The van der Waals surface area contributed by atoms with Crippen LogP contribution in [0.25, 0.3) is 11.3 Å². The number of hydrogen-bond acceptors (Lipinski definition) is 3. The molecular weight excluding hydrogens is 278 g/mol. The van der Waals surface area contributed by atoms with E-state index in [0.29, 0.717) is 5.69 Å². The highest BCUT2D eigenvalue weighted by molar-refractivity contribution is 5.85. The minimum atomic E-state index is -0.477. The lowest BCUT2D eigenvalue weighted by atomic mass is 10.1. The summed E-state index contributed by atoms with van der Waals surface area (Å²) in [7, 11) is 0. The van der Waals surface area contributed by atoms with Gasteiger partial charge in [-0.05, 0) is 42.0 Å². The van der Waals surface area contributed by atoms with E-state index in [1.54, 1.807) is 6.26 Å². The Morgan fingerprint density at radius 1 is 0.955 bits per heavy atom. The molecular formula is C18H15NO3. The van der Waals surface area contributed by atoms with E-state index in [-0.39, 0.29) is 6.61 Å². The SMILES string of the molecule is O=C(Nc1ccc(-c2ccco2)cc1)OCc1ccccc1. The van der Waals surface area contributed by atoms with Crippen LogP contribution in [0.4, 0.5) is 10.5 Å². The molecule has 0 unspecified atom stereocenters. The van der Waals surface area contributed by atoms with Crippen molar-refractivity contribution in [2.24, 2.45) is 0 Å². The topological polar surface area (TPSA) is 51.5 Å². The molecule has 1 amide bonds. The fourth-order valence-electron chi connectivity index (χ4n) is 2.04. The van der Waals surface area contributed by atoms with Crippen molar-refractivity contribution in [2.45, 2.75) is 6.61 Å². The number of carbonyl (C=O) groups is 1. The van der Waals surface area contributed by atoms with Gasteiger partial charge in [0.05, 0.1) is 6.26 Å². The maximum Gasteiger partial charge on any atom is 0.411 e. The average Bonchev–Trinajstić information content (AvgIpc) is 3.09. The summed E-state index contributed by atoms with van der Waals surface area (Å²) in [5.74, 6) is 0.790. The second kappa shape index (κ2) is 6.63. The Kier molecular flexibility index (Phi) is 4.20. The van der Waals surface area contributed by atoms with Crippen LogP contribution in [0.5, 0.6) is 0 Å². The highest BCUT2D eigenvalue weighted by Gasteiger charge is 2.05. The van der Waals surface area contributed by atoms with Crippen molar-refractivity contribution in [3.63, 3.8) is 0 Å². The number of hydrogen-bond donors (Lipinski definition) is 1. The van der Waals surface area contributed by atoms with Gasteiger partial charge in [-0.2, -0.15) is 0 Å². The molecule has 1 N–H and O–H groups in total. The van der Waals surface area contributed by atoms with Crippen molar-refractivity contribution in [2.75, 3.05) is 5.32 Å². The fraction of sp³-hybridized carbons (Fsp3) is 0.0556. The zero-order valence-electron chi connectivity index (χ0n) is 11.9. The van der Waals surface area contributed by atoms with Crippen LogP contribution in [0.3, 0.4) is 0 Å². The van der Waals surface area contributed by atoms with E-state index in [1.807, 2.05) is 66.7 Å². The minimum Gasteiger partial charge on any atom is -0.464 e. The molecule has 110 valence electrons. The Bertz CT molecular complexity index is 719. The Labute approximate surface area is 128 Å². The van der Waals surface area contributed by atoms with Gasteiger partial charge < -0.3 is 9.15 Å². The second-order valence-corrected chi connectivity index (χ2v) is 4.74. The summed E-state index contributed by atoms with van der Waals surface area (Å²) in [6.45, 7) is 0.247. The molecule has 0 saturated heterocycles. The molecule has 0 fully saturated rings. The maximum absolute atomic E-state index is 11.7. The molecule has 4 heteroatoms. The Hall–Kier alpha value is -3.01. The predicted molar refractivity (Wildman–Crippen MR) is 84.4 cm³/mol. The molecule has 3 aromatic rings. The normalized spacial score (nSPS) is 10.2. The summed E-state index contributed by atoms with van der Waals surface area (Å²) in [4.78, 5) is 11.7. The van der Waals surface area contributed by atoms with Gasteiger partial charge >= 0.3 is 6.09 Å². The van der Waals surface area contributed by atoms with E-state index in [1.165, 1.54) is 0 Å². The van der Waals surface area contributed by atoms with E-state index < -0.39 is 6.09 Å². The van der Waals surface area contributed by atoms with Gasteiger partial charge in [-0.1, -0.05) is 30.3 Å². The van der Waals surface area contributed by atoms with Crippen LogP contribution in [0.15, 0.2) is 77.4 Å². The number of ether oxygens (including phenoxy) is 1. The number of rotatable bonds is 4. The Morgan fingerprint density at radius 3 is 2.41 bits per heavy atom. The van der Waals surface area contributed by atoms with Crippen molar-refractivity contribution in [1.29, 1.82) is 0 Å². The van der Waals surface area contributed by atoms with E-state index in [2.05, 4.69) is 5.32 Å². The van der Waals surface area contributed by atoms with Gasteiger partial charge in [-0.25, -0.2) is 4.79 Å². The molecule has 0 spiro atoms. The molecule has 4 nitrogen and oxygen atoms in total. The molecule has 0 saturated carbocycles. The van der Waals surface area contributed by atoms with Crippen LogP contribution in [0.1, 0.15) is 5.56 Å². The van der Waals surface area contributed by atoms with Crippen molar-refractivity contribution in [3.8, 4) is 11.3 Å². The first-order valence-electron chi connectivity index (χ1n) is 6.93. The molecule has 1 heterocycles. The molecule has 0 aliphatic carbocycles. The van der Waals surface area contributed by atoms with Crippen LogP contribution in [0.2, 0.25) is 0 Å². The number of anilines is 1. The third-order valence-electron chi connectivity index (χ3n) is 3.15. The lowest BCUT2D eigenvalue weighted by Gasteiger charge is -2.07. The second-order valence-electron chi connectivity index (χ2n) is 4.74. The largest absolute Gasteiger partial charge is 0.464 e. The molecule has 0 atom stereocenters. The van der Waals surface area contributed by atoms with Gasteiger partial charge in [0.15, 0.2) is 0 Å². The summed E-state index contributed by atoms with van der Waals surface area (Å²) in [5, 5.41) is 2.69. The molecule has 0 bridgehead atoms. The van der Waals surface area contributed by atoms with Gasteiger partial charge in [-0.3, -0.25) is 5.32 Å². The van der Waals surface area contributed by atoms with Gasteiger partial charge in [0, 0.05) is 11.3 Å². The zero-order chi connectivity index (χ0) is 15.2.